The number of halogens is 1. The zero-order chi connectivity index (χ0) is 15.5. The Morgan fingerprint density at radius 1 is 1.18 bits per heavy atom. The number of nitrogens with one attached hydrogen (secondary N) is 1. The van der Waals surface area contributed by atoms with Gasteiger partial charge in [0.1, 0.15) is 0 Å². The van der Waals surface area contributed by atoms with E-state index in [0.29, 0.717) is 17.1 Å². The van der Waals surface area contributed by atoms with Crippen molar-refractivity contribution in [2.45, 2.75) is 13.0 Å². The number of carbonyl (C=O) groups is 1. The molecule has 0 aliphatic carbocycles. The highest BCUT2D eigenvalue weighted by Gasteiger charge is 2.25. The Hall–Kier alpha value is -1.84. The molecule has 1 fully saturated rings. The van der Waals surface area contributed by atoms with Gasteiger partial charge < -0.3 is 10.2 Å². The van der Waals surface area contributed by atoms with E-state index in [1.54, 1.807) is 0 Å². The van der Waals surface area contributed by atoms with E-state index in [9.17, 15) is 4.79 Å². The second kappa shape index (κ2) is 6.51. The van der Waals surface area contributed by atoms with Crippen LogP contribution in [0.1, 0.15) is 17.3 Å². The van der Waals surface area contributed by atoms with Crippen molar-refractivity contribution in [2.75, 3.05) is 19.6 Å². The third kappa shape index (κ3) is 3.01. The molecule has 1 amide bonds. The molecule has 0 unspecified atom stereocenters. The lowest BCUT2D eigenvalue weighted by Gasteiger charge is -2.34. The third-order valence-electron chi connectivity index (χ3n) is 4.07. The van der Waals surface area contributed by atoms with Crippen LogP contribution in [0.2, 0.25) is 5.02 Å². The van der Waals surface area contributed by atoms with Crippen molar-refractivity contribution in [3.63, 3.8) is 0 Å². The maximum Gasteiger partial charge on any atom is 0.255 e. The van der Waals surface area contributed by atoms with Gasteiger partial charge in [0.05, 0.1) is 10.6 Å². The van der Waals surface area contributed by atoms with Crippen LogP contribution in [0.15, 0.2) is 48.5 Å². The molecule has 1 atom stereocenters. The predicted octanol–water partition coefficient (Wildman–Crippen LogP) is 3.44. The van der Waals surface area contributed by atoms with Crippen molar-refractivity contribution < 1.29 is 4.79 Å². The van der Waals surface area contributed by atoms with Crippen LogP contribution < -0.4 is 5.32 Å². The fourth-order valence-corrected chi connectivity index (χ4v) is 3.00. The molecule has 1 aliphatic heterocycles. The van der Waals surface area contributed by atoms with E-state index in [2.05, 4.69) is 12.2 Å². The average molecular weight is 315 g/mol. The van der Waals surface area contributed by atoms with Crippen molar-refractivity contribution >= 4 is 17.5 Å². The van der Waals surface area contributed by atoms with Gasteiger partial charge in [-0.25, -0.2) is 0 Å². The van der Waals surface area contributed by atoms with Gasteiger partial charge in [0.2, 0.25) is 0 Å². The first-order valence-electron chi connectivity index (χ1n) is 7.53. The van der Waals surface area contributed by atoms with E-state index >= 15 is 0 Å². The van der Waals surface area contributed by atoms with Crippen molar-refractivity contribution in [1.29, 1.82) is 0 Å². The highest BCUT2D eigenvalue weighted by atomic mass is 35.5. The Bertz CT molecular complexity index is 672. The van der Waals surface area contributed by atoms with E-state index < -0.39 is 0 Å². The van der Waals surface area contributed by atoms with Gasteiger partial charge in [-0.3, -0.25) is 4.79 Å². The highest BCUT2D eigenvalue weighted by Crippen LogP contribution is 2.26. The van der Waals surface area contributed by atoms with Crippen molar-refractivity contribution in [2.24, 2.45) is 0 Å². The first-order chi connectivity index (χ1) is 10.7. The van der Waals surface area contributed by atoms with E-state index in [1.165, 1.54) is 0 Å². The smallest absolute Gasteiger partial charge is 0.255 e. The van der Waals surface area contributed by atoms with Gasteiger partial charge >= 0.3 is 0 Å². The monoisotopic (exact) mass is 314 g/mol. The van der Waals surface area contributed by atoms with Gasteiger partial charge in [0.25, 0.3) is 5.91 Å². The van der Waals surface area contributed by atoms with Gasteiger partial charge in [0.15, 0.2) is 0 Å². The van der Waals surface area contributed by atoms with Crippen molar-refractivity contribution in [3.05, 3.63) is 59.1 Å². The van der Waals surface area contributed by atoms with Crippen LogP contribution in [-0.4, -0.2) is 36.5 Å². The quantitative estimate of drug-likeness (QED) is 0.921. The molecule has 2 aromatic carbocycles. The molecule has 0 bridgehead atoms. The zero-order valence-electron chi connectivity index (χ0n) is 12.6. The summed E-state index contributed by atoms with van der Waals surface area (Å²) in [5.74, 6) is 0.0109. The van der Waals surface area contributed by atoms with Crippen LogP contribution in [0, 0.1) is 0 Å². The van der Waals surface area contributed by atoms with E-state index in [4.69, 9.17) is 11.6 Å². The number of hydrogen-bond acceptors (Lipinski definition) is 2. The summed E-state index contributed by atoms with van der Waals surface area (Å²) in [7, 11) is 0. The number of hydrogen-bond donors (Lipinski definition) is 1. The minimum atomic E-state index is 0.0109. The number of rotatable bonds is 2. The fourth-order valence-electron chi connectivity index (χ4n) is 2.80. The Kier molecular flexibility index (Phi) is 4.46. The van der Waals surface area contributed by atoms with Gasteiger partial charge in [0, 0.05) is 25.7 Å². The normalized spacial score (nSPS) is 18.3. The van der Waals surface area contributed by atoms with Gasteiger partial charge in [-0.05, 0) is 30.2 Å². The fraction of sp³-hybridized carbons (Fsp3) is 0.278. The minimum Gasteiger partial charge on any atom is -0.333 e. The minimum absolute atomic E-state index is 0.0109. The van der Waals surface area contributed by atoms with Crippen molar-refractivity contribution in [1.82, 2.24) is 10.2 Å². The van der Waals surface area contributed by atoms with Gasteiger partial charge in [-0.15, -0.1) is 0 Å². The van der Waals surface area contributed by atoms with E-state index in [1.807, 2.05) is 53.4 Å². The number of nitrogens with zero attached hydrogens (tertiary/aromatic N) is 1. The van der Waals surface area contributed by atoms with E-state index in [-0.39, 0.29) is 11.9 Å². The molecular weight excluding hydrogens is 296 g/mol. The molecule has 4 heteroatoms. The summed E-state index contributed by atoms with van der Waals surface area (Å²) < 4.78 is 0. The maximum absolute atomic E-state index is 12.8. The summed E-state index contributed by atoms with van der Waals surface area (Å²) in [5.41, 5.74) is 2.68. The maximum atomic E-state index is 12.8. The van der Waals surface area contributed by atoms with Crippen LogP contribution in [-0.2, 0) is 0 Å². The summed E-state index contributed by atoms with van der Waals surface area (Å²) in [4.78, 5) is 14.7. The Morgan fingerprint density at radius 3 is 2.68 bits per heavy atom. The van der Waals surface area contributed by atoms with Crippen molar-refractivity contribution in [3.8, 4) is 11.1 Å². The van der Waals surface area contributed by atoms with Crippen LogP contribution in [0.3, 0.4) is 0 Å². The Morgan fingerprint density at radius 2 is 1.95 bits per heavy atom. The second-order valence-electron chi connectivity index (χ2n) is 5.61. The van der Waals surface area contributed by atoms with Crippen LogP contribution >= 0.6 is 11.6 Å². The number of piperazine rings is 1. The van der Waals surface area contributed by atoms with Gasteiger partial charge in [-0.2, -0.15) is 0 Å². The first kappa shape index (κ1) is 15.1. The highest BCUT2D eigenvalue weighted by molar-refractivity contribution is 6.34. The molecule has 1 N–H and O–H groups in total. The third-order valence-corrected chi connectivity index (χ3v) is 4.40. The molecule has 1 saturated heterocycles. The topological polar surface area (TPSA) is 32.3 Å². The molecule has 0 saturated carbocycles. The predicted molar refractivity (Wildman–Crippen MR) is 90.3 cm³/mol. The lowest BCUT2D eigenvalue weighted by Crippen LogP contribution is -2.52. The summed E-state index contributed by atoms with van der Waals surface area (Å²) in [6.45, 7) is 4.42. The average Bonchev–Trinajstić information content (AvgIpc) is 2.56. The summed E-state index contributed by atoms with van der Waals surface area (Å²) in [6.07, 6.45) is 0. The lowest BCUT2D eigenvalue weighted by molar-refractivity contribution is 0.0656. The molecule has 1 aliphatic rings. The number of benzene rings is 2. The molecule has 22 heavy (non-hydrogen) atoms. The van der Waals surface area contributed by atoms with E-state index in [0.717, 1.165) is 24.2 Å². The molecule has 114 valence electrons. The largest absolute Gasteiger partial charge is 0.333 e. The SMILES string of the molecule is C[C@H]1CNCCN1C(=O)c1cc(-c2ccccc2)ccc1Cl. The Labute approximate surface area is 135 Å². The second-order valence-corrected chi connectivity index (χ2v) is 6.02. The zero-order valence-corrected chi connectivity index (χ0v) is 13.3. The summed E-state index contributed by atoms with van der Waals surface area (Å²) in [5, 5.41) is 3.81. The van der Waals surface area contributed by atoms with Gasteiger partial charge in [-0.1, -0.05) is 48.0 Å². The van der Waals surface area contributed by atoms with Crippen LogP contribution in [0.25, 0.3) is 11.1 Å². The molecule has 0 radical (unpaired) electrons. The lowest BCUT2D eigenvalue weighted by atomic mass is 10.0. The standard InChI is InChI=1S/C18H19ClN2O/c1-13-12-20-9-10-21(13)18(22)16-11-15(7-8-17(16)19)14-5-3-2-4-6-14/h2-8,11,13,20H,9-10,12H2,1H3/t13-/m0/s1. The summed E-state index contributed by atoms with van der Waals surface area (Å²) in [6, 6.07) is 15.9. The molecular formula is C18H19ClN2O. The number of amides is 1. The Balaban J connectivity index is 1.94. The molecule has 0 aromatic heterocycles. The molecule has 2 aromatic rings. The van der Waals surface area contributed by atoms with Crippen LogP contribution in [0.4, 0.5) is 0 Å². The molecule has 0 spiro atoms. The molecule has 3 rings (SSSR count). The molecule has 1 heterocycles. The number of carbonyl (C=O) groups excluding carboxylic acids is 1. The molecule has 3 nitrogen and oxygen atoms in total. The van der Waals surface area contributed by atoms with Crippen LogP contribution in [0.5, 0.6) is 0 Å². The summed E-state index contributed by atoms with van der Waals surface area (Å²) >= 11 is 6.28. The first-order valence-corrected chi connectivity index (χ1v) is 7.91.